The van der Waals surface area contributed by atoms with E-state index in [-0.39, 0.29) is 23.8 Å². The van der Waals surface area contributed by atoms with Crippen molar-refractivity contribution in [3.8, 4) is 0 Å². The van der Waals surface area contributed by atoms with Gasteiger partial charge in [0.15, 0.2) is 0 Å². The summed E-state index contributed by atoms with van der Waals surface area (Å²) in [6.45, 7) is 6.99. The van der Waals surface area contributed by atoms with Gasteiger partial charge in [-0.1, -0.05) is 25.9 Å². The Hall–Kier alpha value is -1.89. The number of carboxylic acids is 1. The summed E-state index contributed by atoms with van der Waals surface area (Å²) in [4.78, 5) is 24.2. The van der Waals surface area contributed by atoms with Crippen LogP contribution >= 0.6 is 0 Å². The Morgan fingerprint density at radius 1 is 1.50 bits per heavy atom. The Morgan fingerprint density at radius 2 is 2.15 bits per heavy atom. The van der Waals surface area contributed by atoms with Crippen molar-refractivity contribution in [3.63, 3.8) is 0 Å². The van der Waals surface area contributed by atoms with Crippen LogP contribution in [-0.2, 0) is 15.0 Å². The average molecular weight is 281 g/mol. The van der Waals surface area contributed by atoms with Crippen LogP contribution in [0.3, 0.4) is 0 Å². The number of likely N-dealkylation sites (tertiary alicyclic amines) is 1. The maximum Gasteiger partial charge on any atom is 0.309 e. The zero-order valence-corrected chi connectivity index (χ0v) is 11.8. The second kappa shape index (κ2) is 5.24. The van der Waals surface area contributed by atoms with Crippen molar-refractivity contribution in [2.45, 2.75) is 26.2 Å². The number of aliphatic carboxylic acids is 1. The average Bonchev–Trinajstić information content (AvgIpc) is 2.70. The van der Waals surface area contributed by atoms with E-state index >= 15 is 0 Å². The molecule has 0 saturated carbocycles. The molecule has 0 bridgehead atoms. The Morgan fingerprint density at radius 3 is 2.65 bits per heavy atom. The molecule has 1 aliphatic rings. The molecule has 0 radical (unpaired) electrons. The highest BCUT2D eigenvalue weighted by atomic mass is 16.5. The number of hydrogen-bond acceptors (Lipinski definition) is 5. The predicted octanol–water partition coefficient (Wildman–Crippen LogP) is 0.927. The molecule has 1 saturated heterocycles. The van der Waals surface area contributed by atoms with Crippen LogP contribution in [0.2, 0.25) is 0 Å². The summed E-state index contributed by atoms with van der Waals surface area (Å²) in [5.41, 5.74) is 0.626. The first-order valence-electron chi connectivity index (χ1n) is 6.48. The van der Waals surface area contributed by atoms with Crippen molar-refractivity contribution < 1.29 is 19.2 Å². The van der Waals surface area contributed by atoms with Gasteiger partial charge in [0.05, 0.1) is 18.2 Å². The number of carboxylic acid groups (broad SMARTS) is 1. The second-order valence-electron chi connectivity index (χ2n) is 6.10. The van der Waals surface area contributed by atoms with Gasteiger partial charge in [0.2, 0.25) is 11.8 Å². The molecule has 2 heterocycles. The lowest BCUT2D eigenvalue weighted by atomic mass is 9.92. The van der Waals surface area contributed by atoms with Crippen LogP contribution in [0.1, 0.15) is 26.5 Å². The van der Waals surface area contributed by atoms with Crippen LogP contribution in [0.25, 0.3) is 0 Å². The van der Waals surface area contributed by atoms with E-state index in [1.54, 1.807) is 11.0 Å². The van der Waals surface area contributed by atoms with Gasteiger partial charge >= 0.3 is 5.97 Å². The first kappa shape index (κ1) is 14.5. The summed E-state index contributed by atoms with van der Waals surface area (Å²) in [5, 5.41) is 15.3. The fourth-order valence-corrected chi connectivity index (χ4v) is 1.92. The third-order valence-corrected chi connectivity index (χ3v) is 3.21. The van der Waals surface area contributed by atoms with Gasteiger partial charge < -0.3 is 9.63 Å². The van der Waals surface area contributed by atoms with Crippen LogP contribution in [0.4, 0.5) is 5.88 Å². The number of carbonyl (C=O) groups excluding carboxylic acids is 1. The lowest BCUT2D eigenvalue weighted by Crippen LogP contribution is -2.52. The fraction of sp³-hybridized carbons (Fsp3) is 0.615. The van der Waals surface area contributed by atoms with Crippen molar-refractivity contribution in [2.75, 3.05) is 25.0 Å². The minimum atomic E-state index is -0.813. The van der Waals surface area contributed by atoms with Crippen molar-refractivity contribution in [1.82, 2.24) is 10.1 Å². The lowest BCUT2D eigenvalue weighted by Gasteiger charge is -2.35. The van der Waals surface area contributed by atoms with Crippen LogP contribution in [-0.4, -0.2) is 46.7 Å². The summed E-state index contributed by atoms with van der Waals surface area (Å²) in [6, 6.07) is 1.70. The van der Waals surface area contributed by atoms with Gasteiger partial charge in [-0.3, -0.25) is 19.8 Å². The monoisotopic (exact) mass is 281 g/mol. The standard InChI is InChI=1S/C13H19N3O4/c1-13(2,3)9-4-11(20-15-9)14-10(17)7-16-5-8(6-16)12(18)19/h4,8H,5-7H2,1-3H3,(H,14,17)(H,18,19). The van der Waals surface area contributed by atoms with Crippen molar-refractivity contribution in [1.29, 1.82) is 0 Å². The number of aromatic nitrogens is 1. The topological polar surface area (TPSA) is 95.7 Å². The maximum absolute atomic E-state index is 11.8. The zero-order valence-electron chi connectivity index (χ0n) is 11.8. The Labute approximate surface area is 116 Å². The molecule has 7 heteroatoms. The number of hydrogen-bond donors (Lipinski definition) is 2. The van der Waals surface area contributed by atoms with E-state index in [0.29, 0.717) is 19.0 Å². The quantitative estimate of drug-likeness (QED) is 0.852. The summed E-state index contributed by atoms with van der Waals surface area (Å²) in [6.07, 6.45) is 0. The van der Waals surface area contributed by atoms with Crippen LogP contribution < -0.4 is 5.32 Å². The molecule has 110 valence electrons. The van der Waals surface area contributed by atoms with Crippen LogP contribution in [0, 0.1) is 5.92 Å². The molecule has 0 unspecified atom stereocenters. The van der Waals surface area contributed by atoms with Crippen molar-refractivity contribution in [2.24, 2.45) is 5.92 Å². The molecule has 0 atom stereocenters. The fourth-order valence-electron chi connectivity index (χ4n) is 1.92. The van der Waals surface area contributed by atoms with E-state index in [1.165, 1.54) is 0 Å². The first-order valence-corrected chi connectivity index (χ1v) is 6.48. The largest absolute Gasteiger partial charge is 0.481 e. The number of rotatable bonds is 4. The zero-order chi connectivity index (χ0) is 14.9. The van der Waals surface area contributed by atoms with E-state index < -0.39 is 5.97 Å². The third kappa shape index (κ3) is 3.36. The van der Waals surface area contributed by atoms with Crippen molar-refractivity contribution >= 4 is 17.8 Å². The molecule has 1 fully saturated rings. The van der Waals surface area contributed by atoms with Gasteiger partial charge in [0.1, 0.15) is 0 Å². The highest BCUT2D eigenvalue weighted by molar-refractivity contribution is 5.91. The molecule has 1 aromatic heterocycles. The van der Waals surface area contributed by atoms with E-state index in [9.17, 15) is 9.59 Å². The van der Waals surface area contributed by atoms with Gasteiger partial charge in [-0.2, -0.15) is 0 Å². The molecule has 2 rings (SSSR count). The molecular formula is C13H19N3O4. The SMILES string of the molecule is CC(C)(C)c1cc(NC(=O)CN2CC(C(=O)O)C2)on1. The Kier molecular flexibility index (Phi) is 3.80. The summed E-state index contributed by atoms with van der Waals surface area (Å²) in [5.74, 6) is -1.09. The van der Waals surface area contributed by atoms with Gasteiger partial charge in [-0.25, -0.2) is 0 Å². The summed E-state index contributed by atoms with van der Waals surface area (Å²) in [7, 11) is 0. The predicted molar refractivity (Wildman–Crippen MR) is 71.4 cm³/mol. The second-order valence-corrected chi connectivity index (χ2v) is 6.10. The molecule has 1 aromatic rings. The smallest absolute Gasteiger partial charge is 0.309 e. The van der Waals surface area contributed by atoms with E-state index in [1.807, 2.05) is 20.8 Å². The maximum atomic E-state index is 11.8. The van der Waals surface area contributed by atoms with E-state index in [4.69, 9.17) is 9.63 Å². The molecule has 0 aromatic carbocycles. The summed E-state index contributed by atoms with van der Waals surface area (Å²) < 4.78 is 5.06. The normalized spacial score (nSPS) is 16.8. The molecule has 2 N–H and O–H groups in total. The highest BCUT2D eigenvalue weighted by Gasteiger charge is 2.33. The molecule has 1 aliphatic heterocycles. The van der Waals surface area contributed by atoms with Crippen LogP contribution in [0.5, 0.6) is 0 Å². The number of nitrogens with zero attached hydrogens (tertiary/aromatic N) is 2. The van der Waals surface area contributed by atoms with Gasteiger partial charge in [-0.05, 0) is 0 Å². The van der Waals surface area contributed by atoms with Gasteiger partial charge in [0.25, 0.3) is 0 Å². The Balaban J connectivity index is 1.81. The lowest BCUT2D eigenvalue weighted by molar-refractivity contribution is -0.148. The van der Waals surface area contributed by atoms with E-state index in [0.717, 1.165) is 5.69 Å². The third-order valence-electron chi connectivity index (χ3n) is 3.21. The molecular weight excluding hydrogens is 262 g/mol. The van der Waals surface area contributed by atoms with Gasteiger partial charge in [-0.15, -0.1) is 0 Å². The number of anilines is 1. The number of amides is 1. The first-order chi connectivity index (χ1) is 9.25. The minimum Gasteiger partial charge on any atom is -0.481 e. The minimum absolute atomic E-state index is 0.140. The summed E-state index contributed by atoms with van der Waals surface area (Å²) >= 11 is 0. The van der Waals surface area contributed by atoms with Gasteiger partial charge in [0, 0.05) is 24.6 Å². The number of nitrogens with one attached hydrogen (secondary N) is 1. The molecule has 7 nitrogen and oxygen atoms in total. The molecule has 0 aliphatic carbocycles. The molecule has 20 heavy (non-hydrogen) atoms. The van der Waals surface area contributed by atoms with Crippen molar-refractivity contribution in [3.05, 3.63) is 11.8 Å². The highest BCUT2D eigenvalue weighted by Crippen LogP contribution is 2.23. The number of carbonyl (C=O) groups is 2. The molecule has 0 spiro atoms. The van der Waals surface area contributed by atoms with Crippen LogP contribution in [0.15, 0.2) is 10.6 Å². The molecule has 1 amide bonds. The van der Waals surface area contributed by atoms with E-state index in [2.05, 4.69) is 10.5 Å². The Bertz CT molecular complexity index is 512.